The van der Waals surface area contributed by atoms with Crippen LogP contribution in [0.25, 0.3) is 0 Å². The maximum Gasteiger partial charge on any atom is 0.253 e. The van der Waals surface area contributed by atoms with Gasteiger partial charge < -0.3 is 9.64 Å². The molecule has 2 aliphatic heterocycles. The topological polar surface area (TPSA) is 32.8 Å². The van der Waals surface area contributed by atoms with Gasteiger partial charge in [0.25, 0.3) is 5.91 Å². The van der Waals surface area contributed by atoms with E-state index in [0.717, 1.165) is 49.6 Å². The van der Waals surface area contributed by atoms with Crippen molar-refractivity contribution < 1.29 is 9.53 Å². The predicted molar refractivity (Wildman–Crippen MR) is 82.3 cm³/mol. The lowest BCUT2D eigenvalue weighted by molar-refractivity contribution is -0.148. The molecule has 2 fully saturated rings. The summed E-state index contributed by atoms with van der Waals surface area (Å²) in [6, 6.07) is 7.87. The second-order valence-electron chi connectivity index (χ2n) is 5.72. The molecule has 3 rings (SSSR count). The molecular formula is C16H21ClN2O2. The first-order valence-corrected chi connectivity index (χ1v) is 7.98. The van der Waals surface area contributed by atoms with Crippen LogP contribution in [0.2, 0.25) is 5.02 Å². The van der Waals surface area contributed by atoms with Crippen molar-refractivity contribution in [3.05, 3.63) is 34.9 Å². The summed E-state index contributed by atoms with van der Waals surface area (Å²) in [5, 5.41) is 0.784. The molecule has 0 bridgehead atoms. The van der Waals surface area contributed by atoms with Crippen molar-refractivity contribution in [3.8, 4) is 0 Å². The highest BCUT2D eigenvalue weighted by Gasteiger charge is 2.31. The zero-order valence-corrected chi connectivity index (χ0v) is 12.9. The Kier molecular flexibility index (Phi) is 4.78. The monoisotopic (exact) mass is 308 g/mol. The van der Waals surface area contributed by atoms with Crippen molar-refractivity contribution in [2.45, 2.75) is 25.5 Å². The van der Waals surface area contributed by atoms with Crippen LogP contribution in [-0.4, -0.2) is 54.6 Å². The van der Waals surface area contributed by atoms with Crippen molar-refractivity contribution in [3.63, 3.8) is 0 Å². The third-order valence-electron chi connectivity index (χ3n) is 4.20. The molecule has 0 radical (unpaired) electrons. The number of nitrogens with zero attached hydrogens (tertiary/aromatic N) is 2. The van der Waals surface area contributed by atoms with Crippen molar-refractivity contribution in [1.82, 2.24) is 9.80 Å². The van der Waals surface area contributed by atoms with E-state index in [1.807, 2.05) is 29.2 Å². The molecule has 1 atom stereocenters. The number of hydrogen-bond acceptors (Lipinski definition) is 3. The Bertz CT molecular complexity index is 503. The minimum atomic E-state index is -0.320. The quantitative estimate of drug-likeness (QED) is 0.858. The van der Waals surface area contributed by atoms with Gasteiger partial charge in [-0.05, 0) is 24.5 Å². The fourth-order valence-corrected chi connectivity index (χ4v) is 3.20. The second-order valence-corrected chi connectivity index (χ2v) is 6.13. The standard InChI is InChI=1S/C16H21ClN2O2/c17-14-6-2-1-5-13(14)11-18-9-10-21-15(12-18)16(20)19-7-3-4-8-19/h1-2,5-6,15H,3-4,7-12H2. The highest BCUT2D eigenvalue weighted by molar-refractivity contribution is 6.31. The Morgan fingerprint density at radius 3 is 2.76 bits per heavy atom. The van der Waals surface area contributed by atoms with Gasteiger partial charge in [0.05, 0.1) is 6.61 Å². The predicted octanol–water partition coefficient (Wildman–Crippen LogP) is 2.16. The van der Waals surface area contributed by atoms with Gasteiger partial charge in [-0.15, -0.1) is 0 Å². The number of carbonyl (C=O) groups is 1. The summed E-state index contributed by atoms with van der Waals surface area (Å²) >= 11 is 6.21. The van der Waals surface area contributed by atoms with E-state index in [2.05, 4.69) is 4.90 Å². The molecule has 0 saturated carbocycles. The molecule has 1 amide bonds. The van der Waals surface area contributed by atoms with Gasteiger partial charge in [-0.3, -0.25) is 9.69 Å². The summed E-state index contributed by atoms with van der Waals surface area (Å²) in [6.45, 7) is 4.63. The molecule has 1 aromatic carbocycles. The van der Waals surface area contributed by atoms with E-state index >= 15 is 0 Å². The molecule has 4 nitrogen and oxygen atoms in total. The van der Waals surface area contributed by atoms with E-state index in [4.69, 9.17) is 16.3 Å². The summed E-state index contributed by atoms with van der Waals surface area (Å²) in [4.78, 5) is 16.6. The van der Waals surface area contributed by atoms with Gasteiger partial charge >= 0.3 is 0 Å². The van der Waals surface area contributed by atoms with Crippen LogP contribution in [-0.2, 0) is 16.1 Å². The summed E-state index contributed by atoms with van der Waals surface area (Å²) in [5.41, 5.74) is 1.11. The molecule has 21 heavy (non-hydrogen) atoms. The average molecular weight is 309 g/mol. The Morgan fingerprint density at radius 2 is 2.00 bits per heavy atom. The van der Waals surface area contributed by atoms with Crippen LogP contribution in [0.5, 0.6) is 0 Å². The lowest BCUT2D eigenvalue weighted by atomic mass is 10.1. The summed E-state index contributed by atoms with van der Waals surface area (Å²) < 4.78 is 5.68. The molecule has 2 aliphatic rings. The molecule has 0 spiro atoms. The van der Waals surface area contributed by atoms with Crippen LogP contribution in [0.1, 0.15) is 18.4 Å². The van der Waals surface area contributed by atoms with Crippen molar-refractivity contribution in [1.29, 1.82) is 0 Å². The second kappa shape index (κ2) is 6.77. The number of halogens is 1. The first-order chi connectivity index (χ1) is 10.2. The van der Waals surface area contributed by atoms with Gasteiger partial charge in [-0.2, -0.15) is 0 Å². The Hall–Kier alpha value is -1.10. The van der Waals surface area contributed by atoms with Crippen molar-refractivity contribution in [2.24, 2.45) is 0 Å². The summed E-state index contributed by atoms with van der Waals surface area (Å²) in [6.07, 6.45) is 1.91. The molecule has 114 valence electrons. The maximum atomic E-state index is 12.4. The van der Waals surface area contributed by atoms with Gasteiger partial charge in [0.15, 0.2) is 0 Å². The van der Waals surface area contributed by atoms with Gasteiger partial charge in [-0.1, -0.05) is 29.8 Å². The number of amides is 1. The molecule has 1 aromatic rings. The zero-order chi connectivity index (χ0) is 14.7. The van der Waals surface area contributed by atoms with Crippen LogP contribution < -0.4 is 0 Å². The first kappa shape index (κ1) is 14.8. The smallest absolute Gasteiger partial charge is 0.253 e. The van der Waals surface area contributed by atoms with E-state index in [-0.39, 0.29) is 12.0 Å². The molecule has 2 heterocycles. The molecule has 0 aliphatic carbocycles. The Balaban J connectivity index is 1.60. The number of carbonyl (C=O) groups excluding carboxylic acids is 1. The van der Waals surface area contributed by atoms with Crippen LogP contribution in [0.15, 0.2) is 24.3 Å². The van der Waals surface area contributed by atoms with Crippen LogP contribution in [0.3, 0.4) is 0 Å². The number of benzene rings is 1. The number of rotatable bonds is 3. The number of likely N-dealkylation sites (tertiary alicyclic amines) is 1. The zero-order valence-electron chi connectivity index (χ0n) is 12.1. The van der Waals surface area contributed by atoms with Crippen molar-refractivity contribution in [2.75, 3.05) is 32.8 Å². The van der Waals surface area contributed by atoms with Gasteiger partial charge in [0.1, 0.15) is 6.10 Å². The van der Waals surface area contributed by atoms with E-state index < -0.39 is 0 Å². The highest BCUT2D eigenvalue weighted by Crippen LogP contribution is 2.19. The summed E-state index contributed by atoms with van der Waals surface area (Å²) in [7, 11) is 0. The lowest BCUT2D eigenvalue weighted by Crippen LogP contribution is -2.50. The lowest BCUT2D eigenvalue weighted by Gasteiger charge is -2.34. The van der Waals surface area contributed by atoms with Crippen LogP contribution in [0.4, 0.5) is 0 Å². The minimum absolute atomic E-state index is 0.149. The van der Waals surface area contributed by atoms with Gasteiger partial charge in [-0.25, -0.2) is 0 Å². The third kappa shape index (κ3) is 3.57. The van der Waals surface area contributed by atoms with Crippen LogP contribution >= 0.6 is 11.6 Å². The highest BCUT2D eigenvalue weighted by atomic mass is 35.5. The fraction of sp³-hybridized carbons (Fsp3) is 0.562. The van der Waals surface area contributed by atoms with Crippen molar-refractivity contribution >= 4 is 17.5 Å². The summed E-state index contributed by atoms with van der Waals surface area (Å²) in [5.74, 6) is 0.149. The number of hydrogen-bond donors (Lipinski definition) is 0. The van der Waals surface area contributed by atoms with Crippen LogP contribution in [0, 0.1) is 0 Å². The minimum Gasteiger partial charge on any atom is -0.366 e. The molecule has 0 aromatic heterocycles. The Labute approximate surface area is 130 Å². The van der Waals surface area contributed by atoms with E-state index in [9.17, 15) is 4.79 Å². The third-order valence-corrected chi connectivity index (χ3v) is 4.56. The van der Waals surface area contributed by atoms with E-state index in [1.165, 1.54) is 0 Å². The Morgan fingerprint density at radius 1 is 1.24 bits per heavy atom. The normalized spacial score (nSPS) is 23.5. The average Bonchev–Trinajstić information content (AvgIpc) is 3.03. The largest absolute Gasteiger partial charge is 0.366 e. The first-order valence-electron chi connectivity index (χ1n) is 7.60. The van der Waals surface area contributed by atoms with E-state index in [0.29, 0.717) is 13.2 Å². The fourth-order valence-electron chi connectivity index (χ4n) is 3.00. The molecule has 0 N–H and O–H groups in total. The molecule has 5 heteroatoms. The molecule has 2 saturated heterocycles. The number of morpholine rings is 1. The maximum absolute atomic E-state index is 12.4. The van der Waals surface area contributed by atoms with Gasteiger partial charge in [0, 0.05) is 37.7 Å². The molecular weight excluding hydrogens is 288 g/mol. The van der Waals surface area contributed by atoms with E-state index in [1.54, 1.807) is 0 Å². The molecule has 1 unspecified atom stereocenters. The number of ether oxygens (including phenoxy) is 1. The SMILES string of the molecule is O=C(C1CN(Cc2ccccc2Cl)CCO1)N1CCCC1. The van der Waals surface area contributed by atoms with Gasteiger partial charge in [0.2, 0.25) is 0 Å².